The molecule has 1 aliphatic carbocycles. The molecule has 2 rings (SSSR count). The van der Waals surface area contributed by atoms with Gasteiger partial charge < -0.3 is 14.8 Å². The minimum Gasteiger partial charge on any atom is -0.347 e. The third-order valence-corrected chi connectivity index (χ3v) is 5.98. The Labute approximate surface area is 119 Å². The second-order valence-electron chi connectivity index (χ2n) is 5.49. The fourth-order valence-corrected chi connectivity index (χ4v) is 5.00. The summed E-state index contributed by atoms with van der Waals surface area (Å²) >= 11 is 0. The van der Waals surface area contributed by atoms with E-state index in [2.05, 4.69) is 19.2 Å². The first-order chi connectivity index (χ1) is 9.21. The van der Waals surface area contributed by atoms with E-state index in [-0.39, 0.29) is 5.25 Å². The predicted molar refractivity (Wildman–Crippen MR) is 77.7 cm³/mol. The van der Waals surface area contributed by atoms with Crippen LogP contribution < -0.4 is 5.32 Å². The second kappa shape index (κ2) is 7.16. The summed E-state index contributed by atoms with van der Waals surface area (Å²) in [7, 11) is -0.782. The number of nitrogens with one attached hydrogen (secondary N) is 1. The zero-order valence-corrected chi connectivity index (χ0v) is 13.0. The summed E-state index contributed by atoms with van der Waals surface area (Å²) in [6.45, 7) is 6.55. The number of rotatable bonds is 6. The van der Waals surface area contributed by atoms with Crippen LogP contribution in [0.15, 0.2) is 0 Å². The average molecular weight is 289 g/mol. The molecule has 3 atom stereocenters. The van der Waals surface area contributed by atoms with Gasteiger partial charge in [0.25, 0.3) is 0 Å². The summed E-state index contributed by atoms with van der Waals surface area (Å²) in [6.07, 6.45) is 4.84. The van der Waals surface area contributed by atoms with Crippen LogP contribution in [0.1, 0.15) is 46.0 Å². The van der Waals surface area contributed by atoms with E-state index in [0.717, 1.165) is 44.4 Å². The van der Waals surface area contributed by atoms with Crippen molar-refractivity contribution < 1.29 is 13.7 Å². The highest BCUT2D eigenvalue weighted by Crippen LogP contribution is 2.38. The summed E-state index contributed by atoms with van der Waals surface area (Å²) in [5, 5.41) is 3.66. The molecule has 0 aromatic heterocycles. The Bertz CT molecular complexity index is 305. The van der Waals surface area contributed by atoms with Gasteiger partial charge in [-0.3, -0.25) is 4.21 Å². The Morgan fingerprint density at radius 3 is 2.68 bits per heavy atom. The van der Waals surface area contributed by atoms with Crippen molar-refractivity contribution in [2.75, 3.05) is 25.5 Å². The van der Waals surface area contributed by atoms with Gasteiger partial charge in [0.2, 0.25) is 0 Å². The van der Waals surface area contributed by atoms with Crippen LogP contribution in [0.2, 0.25) is 0 Å². The fraction of sp³-hybridized carbons (Fsp3) is 1.00. The van der Waals surface area contributed by atoms with Crippen LogP contribution in [0, 0.1) is 0 Å². The van der Waals surface area contributed by atoms with Gasteiger partial charge in [-0.15, -0.1) is 0 Å². The van der Waals surface area contributed by atoms with Crippen molar-refractivity contribution in [2.45, 2.75) is 63.0 Å². The quantitative estimate of drug-likeness (QED) is 0.810. The van der Waals surface area contributed by atoms with Gasteiger partial charge in [0, 0.05) is 35.4 Å². The highest BCUT2D eigenvalue weighted by Gasteiger charge is 2.46. The zero-order chi connectivity index (χ0) is 13.7. The van der Waals surface area contributed by atoms with Crippen molar-refractivity contribution in [2.24, 2.45) is 0 Å². The summed E-state index contributed by atoms with van der Waals surface area (Å²) in [4.78, 5) is 0. The first-order valence-corrected chi connectivity index (χ1v) is 8.97. The zero-order valence-electron chi connectivity index (χ0n) is 12.2. The molecular weight excluding hydrogens is 262 g/mol. The van der Waals surface area contributed by atoms with Crippen LogP contribution in [-0.2, 0) is 20.3 Å². The maximum atomic E-state index is 12.5. The lowest BCUT2D eigenvalue weighted by Crippen LogP contribution is -2.52. The molecule has 1 saturated heterocycles. The lowest BCUT2D eigenvalue weighted by Gasteiger charge is -2.40. The maximum absolute atomic E-state index is 12.5. The molecule has 5 heteroatoms. The largest absolute Gasteiger partial charge is 0.347 e. The van der Waals surface area contributed by atoms with Crippen LogP contribution in [0.4, 0.5) is 0 Å². The van der Waals surface area contributed by atoms with E-state index >= 15 is 0 Å². The molecule has 3 unspecified atom stereocenters. The summed E-state index contributed by atoms with van der Waals surface area (Å²) in [6, 6.07) is 0.348. The van der Waals surface area contributed by atoms with Crippen molar-refractivity contribution in [3.8, 4) is 0 Å². The molecule has 0 radical (unpaired) electrons. The van der Waals surface area contributed by atoms with Crippen LogP contribution in [0.5, 0.6) is 0 Å². The highest BCUT2D eigenvalue weighted by molar-refractivity contribution is 7.85. The SMILES string of the molecule is CCCCS(=O)C1CC2(CCC1NCC)OCCO2. The minimum absolute atomic E-state index is 0.165. The molecule has 1 N–H and O–H groups in total. The molecule has 0 bridgehead atoms. The van der Waals surface area contributed by atoms with E-state index < -0.39 is 16.6 Å². The van der Waals surface area contributed by atoms with E-state index in [0.29, 0.717) is 19.3 Å². The van der Waals surface area contributed by atoms with Gasteiger partial charge in [-0.2, -0.15) is 0 Å². The molecule has 19 heavy (non-hydrogen) atoms. The summed E-state index contributed by atoms with van der Waals surface area (Å²) < 4.78 is 24.2. The van der Waals surface area contributed by atoms with Crippen molar-refractivity contribution in [1.29, 1.82) is 0 Å². The van der Waals surface area contributed by atoms with Gasteiger partial charge in [0.1, 0.15) is 0 Å². The molecule has 112 valence electrons. The Morgan fingerprint density at radius 1 is 1.32 bits per heavy atom. The van der Waals surface area contributed by atoms with Gasteiger partial charge >= 0.3 is 0 Å². The third kappa shape index (κ3) is 3.78. The number of ether oxygens (including phenoxy) is 2. The summed E-state index contributed by atoms with van der Waals surface area (Å²) in [5.74, 6) is 0.373. The molecule has 1 heterocycles. The van der Waals surface area contributed by atoms with E-state index in [9.17, 15) is 4.21 Å². The molecular formula is C14H27NO3S. The van der Waals surface area contributed by atoms with Crippen molar-refractivity contribution in [3.05, 3.63) is 0 Å². The monoisotopic (exact) mass is 289 g/mol. The van der Waals surface area contributed by atoms with Crippen molar-refractivity contribution in [1.82, 2.24) is 5.32 Å². The smallest absolute Gasteiger partial charge is 0.169 e. The Morgan fingerprint density at radius 2 is 2.05 bits per heavy atom. The Kier molecular flexibility index (Phi) is 5.81. The van der Waals surface area contributed by atoms with Gasteiger partial charge in [-0.1, -0.05) is 20.3 Å². The van der Waals surface area contributed by atoms with E-state index in [4.69, 9.17) is 9.47 Å². The lowest BCUT2D eigenvalue weighted by molar-refractivity contribution is -0.178. The molecule has 1 aliphatic heterocycles. The summed E-state index contributed by atoms with van der Waals surface area (Å²) in [5.41, 5.74) is 0. The molecule has 2 fully saturated rings. The molecule has 1 saturated carbocycles. The van der Waals surface area contributed by atoms with E-state index in [1.165, 1.54) is 0 Å². The highest BCUT2D eigenvalue weighted by atomic mass is 32.2. The third-order valence-electron chi connectivity index (χ3n) is 4.11. The normalized spacial score (nSPS) is 31.7. The molecule has 4 nitrogen and oxygen atoms in total. The standard InChI is InChI=1S/C14H27NO3S/c1-3-5-10-19(16)13-11-14(17-8-9-18-14)7-6-12(13)15-4-2/h12-13,15H,3-11H2,1-2H3. The molecule has 0 aromatic carbocycles. The topological polar surface area (TPSA) is 47.6 Å². The van der Waals surface area contributed by atoms with Crippen LogP contribution >= 0.6 is 0 Å². The first kappa shape index (κ1) is 15.4. The van der Waals surface area contributed by atoms with Gasteiger partial charge in [0.15, 0.2) is 5.79 Å². The fourth-order valence-electron chi connectivity index (χ4n) is 3.08. The van der Waals surface area contributed by atoms with Crippen molar-refractivity contribution in [3.63, 3.8) is 0 Å². The minimum atomic E-state index is -0.782. The predicted octanol–water partition coefficient (Wildman–Crippen LogP) is 1.81. The van der Waals surface area contributed by atoms with Gasteiger partial charge in [-0.05, 0) is 19.4 Å². The van der Waals surface area contributed by atoms with E-state index in [1.807, 2.05) is 0 Å². The molecule has 2 aliphatic rings. The van der Waals surface area contributed by atoms with E-state index in [1.54, 1.807) is 0 Å². The second-order valence-corrected chi connectivity index (χ2v) is 7.27. The van der Waals surface area contributed by atoms with Crippen molar-refractivity contribution >= 4 is 10.8 Å². The number of hydrogen-bond donors (Lipinski definition) is 1. The van der Waals surface area contributed by atoms with Crippen LogP contribution in [0.25, 0.3) is 0 Å². The van der Waals surface area contributed by atoms with Gasteiger partial charge in [-0.25, -0.2) is 0 Å². The lowest BCUT2D eigenvalue weighted by atomic mass is 9.89. The number of hydrogen-bond acceptors (Lipinski definition) is 4. The molecule has 0 amide bonds. The molecule has 0 aromatic rings. The average Bonchev–Trinajstić information content (AvgIpc) is 2.87. The maximum Gasteiger partial charge on any atom is 0.169 e. The van der Waals surface area contributed by atoms with Gasteiger partial charge in [0.05, 0.1) is 18.5 Å². The number of unbranched alkanes of at least 4 members (excludes halogenated alkanes) is 1. The first-order valence-electron chi connectivity index (χ1n) is 7.59. The Hall–Kier alpha value is 0.0300. The van der Waals surface area contributed by atoms with Crippen LogP contribution in [0.3, 0.4) is 0 Å². The van der Waals surface area contributed by atoms with Crippen LogP contribution in [-0.4, -0.2) is 46.8 Å². The molecule has 1 spiro atoms. The Balaban J connectivity index is 2.01.